The topological polar surface area (TPSA) is 138 Å². The van der Waals surface area contributed by atoms with Gasteiger partial charge < -0.3 is 31.3 Å². The van der Waals surface area contributed by atoms with Gasteiger partial charge in [-0.2, -0.15) is 0 Å². The molecule has 170 valence electrons. The van der Waals surface area contributed by atoms with Crippen molar-refractivity contribution in [2.45, 2.75) is 39.3 Å². The second kappa shape index (κ2) is 12.4. The lowest BCUT2D eigenvalue weighted by atomic mass is 10.1. The molecule has 2 rings (SSSR count). The first-order chi connectivity index (χ1) is 14.9. The number of nitrogens with one attached hydrogen (secondary N) is 3. The lowest BCUT2D eigenvalue weighted by Crippen LogP contribution is -2.49. The second-order valence-electron chi connectivity index (χ2n) is 7.15. The van der Waals surface area contributed by atoms with Crippen molar-refractivity contribution in [1.82, 2.24) is 20.9 Å². The van der Waals surface area contributed by atoms with Crippen LogP contribution < -0.4 is 21.7 Å². The maximum absolute atomic E-state index is 11.9. The number of nitrogens with zero attached hydrogens (tertiary/aromatic N) is 2. The number of likely N-dealkylation sites (tertiary alicyclic amines) is 1. The average Bonchev–Trinajstić information content (AvgIpc) is 2.77. The average molecular weight is 433 g/mol. The fourth-order valence-corrected chi connectivity index (χ4v) is 3.14. The van der Waals surface area contributed by atoms with E-state index in [1.807, 2.05) is 19.1 Å². The van der Waals surface area contributed by atoms with Crippen LogP contribution in [0.25, 0.3) is 0 Å². The third-order valence-electron chi connectivity index (χ3n) is 4.77. The fourth-order valence-electron chi connectivity index (χ4n) is 3.14. The number of amides is 3. The van der Waals surface area contributed by atoms with E-state index in [1.165, 1.54) is 0 Å². The molecule has 5 N–H and O–H groups in total. The van der Waals surface area contributed by atoms with Crippen LogP contribution in [0, 0.1) is 0 Å². The van der Waals surface area contributed by atoms with Gasteiger partial charge in [-0.15, -0.1) is 0 Å². The molecular formula is C21H32N6O4. The number of carbonyl (C=O) groups excluding carboxylic acids is 3. The summed E-state index contributed by atoms with van der Waals surface area (Å²) < 4.78 is 5.06. The summed E-state index contributed by atoms with van der Waals surface area (Å²) in [5.74, 6) is -0.229. The third kappa shape index (κ3) is 8.15. The molecule has 0 aliphatic carbocycles. The zero-order chi connectivity index (χ0) is 22.6. The zero-order valence-electron chi connectivity index (χ0n) is 18.1. The van der Waals surface area contributed by atoms with E-state index < -0.39 is 5.91 Å². The third-order valence-corrected chi connectivity index (χ3v) is 4.77. The number of primary amides is 1. The Hall–Kier alpha value is -3.30. The molecule has 1 aromatic rings. The molecule has 0 radical (unpaired) electrons. The van der Waals surface area contributed by atoms with Gasteiger partial charge in [0.1, 0.15) is 0 Å². The monoisotopic (exact) mass is 432 g/mol. The van der Waals surface area contributed by atoms with Crippen molar-refractivity contribution in [3.8, 4) is 0 Å². The van der Waals surface area contributed by atoms with Gasteiger partial charge in [0.2, 0.25) is 5.91 Å². The highest BCUT2D eigenvalue weighted by atomic mass is 16.6. The predicted molar refractivity (Wildman–Crippen MR) is 118 cm³/mol. The highest BCUT2D eigenvalue weighted by Gasteiger charge is 2.24. The van der Waals surface area contributed by atoms with Crippen molar-refractivity contribution < 1.29 is 19.1 Å². The number of aliphatic imine (C=N–C) groups is 1. The summed E-state index contributed by atoms with van der Waals surface area (Å²) in [6.07, 6.45) is 1.38. The van der Waals surface area contributed by atoms with Crippen LogP contribution in [-0.2, 0) is 16.1 Å². The summed E-state index contributed by atoms with van der Waals surface area (Å²) in [5.41, 5.74) is 6.43. The number of piperidine rings is 1. The van der Waals surface area contributed by atoms with Crippen molar-refractivity contribution >= 4 is 23.9 Å². The molecule has 0 aromatic heterocycles. The van der Waals surface area contributed by atoms with Gasteiger partial charge in [0.15, 0.2) is 5.96 Å². The number of hydrogen-bond donors (Lipinski definition) is 4. The minimum Gasteiger partial charge on any atom is -0.450 e. The van der Waals surface area contributed by atoms with Gasteiger partial charge in [0.25, 0.3) is 5.91 Å². The molecule has 31 heavy (non-hydrogen) atoms. The van der Waals surface area contributed by atoms with Crippen LogP contribution in [0.4, 0.5) is 4.79 Å². The van der Waals surface area contributed by atoms with Gasteiger partial charge in [0, 0.05) is 31.2 Å². The van der Waals surface area contributed by atoms with E-state index in [1.54, 1.807) is 24.0 Å². The summed E-state index contributed by atoms with van der Waals surface area (Å²) in [7, 11) is 0. The molecule has 0 atom stereocenters. The first kappa shape index (κ1) is 24.0. The van der Waals surface area contributed by atoms with Crippen molar-refractivity contribution in [3.05, 3.63) is 35.4 Å². The van der Waals surface area contributed by atoms with Gasteiger partial charge in [-0.05, 0) is 44.4 Å². The Morgan fingerprint density at radius 3 is 2.39 bits per heavy atom. The second-order valence-corrected chi connectivity index (χ2v) is 7.15. The lowest BCUT2D eigenvalue weighted by molar-refractivity contribution is -0.117. The van der Waals surface area contributed by atoms with E-state index in [0.29, 0.717) is 37.8 Å². The van der Waals surface area contributed by atoms with Gasteiger partial charge in [-0.1, -0.05) is 12.1 Å². The number of benzene rings is 1. The first-order valence-electron chi connectivity index (χ1n) is 10.5. The Kier molecular flexibility index (Phi) is 9.60. The van der Waals surface area contributed by atoms with Gasteiger partial charge in [0.05, 0.1) is 19.7 Å². The fraction of sp³-hybridized carbons (Fsp3) is 0.524. The van der Waals surface area contributed by atoms with Crippen LogP contribution >= 0.6 is 0 Å². The number of nitrogens with two attached hydrogens (primary N) is 1. The first-order valence-corrected chi connectivity index (χ1v) is 10.5. The highest BCUT2D eigenvalue weighted by molar-refractivity contribution is 5.96. The molecule has 0 saturated carbocycles. The Bertz CT molecular complexity index is 773. The van der Waals surface area contributed by atoms with Crippen LogP contribution in [0.1, 0.15) is 42.6 Å². The maximum atomic E-state index is 11.9. The Labute approximate surface area is 182 Å². The molecule has 3 amide bonds. The molecule has 0 bridgehead atoms. The number of ether oxygens (including phenoxy) is 1. The molecule has 1 saturated heterocycles. The van der Waals surface area contributed by atoms with Crippen molar-refractivity contribution in [1.29, 1.82) is 0 Å². The molecule has 1 aromatic carbocycles. The largest absolute Gasteiger partial charge is 0.450 e. The smallest absolute Gasteiger partial charge is 0.409 e. The van der Waals surface area contributed by atoms with E-state index in [2.05, 4.69) is 20.9 Å². The summed E-state index contributed by atoms with van der Waals surface area (Å²) in [6, 6.07) is 7.24. The number of carbonyl (C=O) groups is 3. The Morgan fingerprint density at radius 2 is 1.81 bits per heavy atom. The Balaban J connectivity index is 1.87. The van der Waals surface area contributed by atoms with Crippen molar-refractivity contribution in [2.75, 3.05) is 32.8 Å². The molecule has 1 fully saturated rings. The van der Waals surface area contributed by atoms with Crippen LogP contribution in [0.3, 0.4) is 0 Å². The summed E-state index contributed by atoms with van der Waals surface area (Å²) >= 11 is 0. The van der Waals surface area contributed by atoms with E-state index in [4.69, 9.17) is 10.5 Å². The lowest BCUT2D eigenvalue weighted by Gasteiger charge is -2.32. The van der Waals surface area contributed by atoms with Gasteiger partial charge in [-0.25, -0.2) is 9.79 Å². The van der Waals surface area contributed by atoms with Crippen molar-refractivity contribution in [2.24, 2.45) is 10.7 Å². The van der Waals surface area contributed by atoms with E-state index in [0.717, 1.165) is 24.9 Å². The van der Waals surface area contributed by atoms with Crippen LogP contribution in [0.15, 0.2) is 29.3 Å². The molecule has 10 nitrogen and oxygen atoms in total. The molecular weight excluding hydrogens is 400 g/mol. The molecule has 0 spiro atoms. The van der Waals surface area contributed by atoms with Crippen LogP contribution in [0.2, 0.25) is 0 Å². The van der Waals surface area contributed by atoms with E-state index >= 15 is 0 Å². The van der Waals surface area contributed by atoms with E-state index in [-0.39, 0.29) is 24.6 Å². The number of guanidine groups is 1. The van der Waals surface area contributed by atoms with Gasteiger partial charge >= 0.3 is 6.09 Å². The quantitative estimate of drug-likeness (QED) is 0.350. The number of rotatable bonds is 8. The standard InChI is InChI=1S/C21H32N6O4/c1-3-23-20(26-17-9-11-27(12-10-17)21(30)31-4-2)25-13-15-5-7-16(8-6-15)19(29)24-14-18(22)28/h5-8,17H,3-4,9-14H2,1-2H3,(H2,22,28)(H,24,29)(H2,23,25,26). The minimum absolute atomic E-state index is 0.193. The molecule has 1 aliphatic rings. The molecule has 1 heterocycles. The van der Waals surface area contributed by atoms with Crippen molar-refractivity contribution in [3.63, 3.8) is 0 Å². The zero-order valence-corrected chi connectivity index (χ0v) is 18.1. The van der Waals surface area contributed by atoms with E-state index in [9.17, 15) is 14.4 Å². The molecule has 0 unspecified atom stereocenters. The number of hydrogen-bond acceptors (Lipinski definition) is 5. The normalized spacial score (nSPS) is 14.6. The summed E-state index contributed by atoms with van der Waals surface area (Å²) in [6.45, 7) is 6.46. The summed E-state index contributed by atoms with van der Waals surface area (Å²) in [5, 5.41) is 9.12. The summed E-state index contributed by atoms with van der Waals surface area (Å²) in [4.78, 5) is 40.9. The maximum Gasteiger partial charge on any atom is 0.409 e. The SMILES string of the molecule is CCNC(=NCc1ccc(C(=O)NCC(N)=O)cc1)NC1CCN(C(=O)OCC)CC1. The highest BCUT2D eigenvalue weighted by Crippen LogP contribution is 2.12. The molecule has 1 aliphatic heterocycles. The molecule has 10 heteroatoms. The van der Waals surface area contributed by atoms with Crippen LogP contribution in [0.5, 0.6) is 0 Å². The predicted octanol–water partition coefficient (Wildman–Crippen LogP) is 0.578. The van der Waals surface area contributed by atoms with Gasteiger partial charge in [-0.3, -0.25) is 9.59 Å². The Morgan fingerprint density at radius 1 is 1.13 bits per heavy atom. The minimum atomic E-state index is -0.589. The van der Waals surface area contributed by atoms with Crippen LogP contribution in [-0.4, -0.2) is 67.6 Å².